The summed E-state index contributed by atoms with van der Waals surface area (Å²) in [5.74, 6) is 4.10. The summed E-state index contributed by atoms with van der Waals surface area (Å²) in [5.41, 5.74) is 11.5. The number of ether oxygens (including phenoxy) is 3. The number of benzene rings is 4. The molecule has 0 unspecified atom stereocenters. The van der Waals surface area contributed by atoms with E-state index in [-0.39, 0.29) is 43.1 Å². The first kappa shape index (κ1) is 31.1. The molecule has 0 aliphatic carbocycles. The number of nitrogens with one attached hydrogen (secondary N) is 3. The minimum atomic E-state index is 0. The van der Waals surface area contributed by atoms with E-state index in [2.05, 4.69) is 15.0 Å². The molecule has 6 rings (SSSR count). The lowest BCUT2D eigenvalue weighted by molar-refractivity contribution is 0.352. The van der Waals surface area contributed by atoms with Gasteiger partial charge in [-0.25, -0.2) is 9.97 Å². The Hall–Kier alpha value is -4.44. The SMILES string of the molecule is COc1ccc(Oc2ccc(-c3nc4ccc(-c5nc6ccc(C(=N)N)cc6[nH]5)cc4[nH]3)cc2)cc1OC.Cl.Cl.Cl. The number of fused-ring (bicyclic) bond motifs is 2. The molecule has 0 spiro atoms. The Morgan fingerprint density at radius 1 is 0.659 bits per heavy atom. The first-order chi connectivity index (χ1) is 18.5. The molecule has 5 N–H and O–H groups in total. The van der Waals surface area contributed by atoms with Crippen molar-refractivity contribution in [2.75, 3.05) is 14.2 Å². The Morgan fingerprint density at radius 2 is 1.22 bits per heavy atom. The number of methoxy groups -OCH3 is 2. The third kappa shape index (κ3) is 6.17. The zero-order chi connectivity index (χ0) is 26.2. The molecular weight excluding hydrogens is 587 g/mol. The fourth-order valence-corrected chi connectivity index (χ4v) is 4.30. The maximum Gasteiger partial charge on any atom is 0.164 e. The van der Waals surface area contributed by atoms with Gasteiger partial charge in [0.05, 0.1) is 36.3 Å². The summed E-state index contributed by atoms with van der Waals surface area (Å²) >= 11 is 0. The topological polar surface area (TPSA) is 135 Å². The molecule has 0 aliphatic rings. The van der Waals surface area contributed by atoms with Gasteiger partial charge in [0.1, 0.15) is 29.0 Å². The molecule has 0 radical (unpaired) electrons. The quantitative estimate of drug-likeness (QED) is 0.112. The summed E-state index contributed by atoms with van der Waals surface area (Å²) in [7, 11) is 3.19. The van der Waals surface area contributed by atoms with Crippen LogP contribution in [-0.4, -0.2) is 40.0 Å². The van der Waals surface area contributed by atoms with Gasteiger partial charge in [-0.3, -0.25) is 5.41 Å². The van der Waals surface area contributed by atoms with Crippen LogP contribution in [0, 0.1) is 5.41 Å². The van der Waals surface area contributed by atoms with Crippen LogP contribution in [0.15, 0.2) is 78.9 Å². The van der Waals surface area contributed by atoms with Crippen molar-refractivity contribution in [3.63, 3.8) is 0 Å². The van der Waals surface area contributed by atoms with Crippen molar-refractivity contribution in [3.05, 3.63) is 84.4 Å². The van der Waals surface area contributed by atoms with Gasteiger partial charge >= 0.3 is 0 Å². The van der Waals surface area contributed by atoms with Gasteiger partial charge in [-0.15, -0.1) is 37.2 Å². The summed E-state index contributed by atoms with van der Waals surface area (Å²) < 4.78 is 16.6. The molecule has 2 heterocycles. The van der Waals surface area contributed by atoms with E-state index in [1.807, 2.05) is 60.7 Å². The molecule has 0 atom stereocenters. The summed E-state index contributed by atoms with van der Waals surface area (Å²) in [6.45, 7) is 0. The Kier molecular flexibility index (Phi) is 9.72. The lowest BCUT2D eigenvalue weighted by Gasteiger charge is -2.10. The Morgan fingerprint density at radius 3 is 1.85 bits per heavy atom. The van der Waals surface area contributed by atoms with Crippen molar-refractivity contribution in [3.8, 4) is 45.8 Å². The molecule has 9 nitrogen and oxygen atoms in total. The lowest BCUT2D eigenvalue weighted by Crippen LogP contribution is -2.10. The van der Waals surface area contributed by atoms with E-state index < -0.39 is 0 Å². The van der Waals surface area contributed by atoms with Gasteiger partial charge in [-0.05, 0) is 72.8 Å². The molecule has 0 saturated heterocycles. The number of aromatic amines is 2. The molecule has 4 aromatic carbocycles. The molecule has 0 aliphatic heterocycles. The number of rotatable bonds is 7. The molecule has 0 saturated carbocycles. The van der Waals surface area contributed by atoms with Crippen LogP contribution >= 0.6 is 37.2 Å². The first-order valence-corrected chi connectivity index (χ1v) is 11.9. The number of nitrogen functional groups attached to an aromatic ring is 1. The van der Waals surface area contributed by atoms with E-state index in [1.54, 1.807) is 32.4 Å². The van der Waals surface area contributed by atoms with Crippen molar-refractivity contribution in [1.29, 1.82) is 5.41 Å². The van der Waals surface area contributed by atoms with E-state index in [1.165, 1.54) is 0 Å². The molecule has 0 bridgehead atoms. The highest BCUT2D eigenvalue weighted by Gasteiger charge is 2.11. The highest BCUT2D eigenvalue weighted by atomic mass is 35.5. The van der Waals surface area contributed by atoms with Gasteiger partial charge in [0.15, 0.2) is 11.5 Å². The van der Waals surface area contributed by atoms with Gasteiger partial charge in [-0.1, -0.05) is 0 Å². The minimum Gasteiger partial charge on any atom is -0.493 e. The summed E-state index contributed by atoms with van der Waals surface area (Å²) in [6, 6.07) is 24.6. The van der Waals surface area contributed by atoms with E-state index >= 15 is 0 Å². The predicted octanol–water partition coefficient (Wildman–Crippen LogP) is 7.13. The van der Waals surface area contributed by atoms with Gasteiger partial charge in [0, 0.05) is 22.8 Å². The van der Waals surface area contributed by atoms with Crippen molar-refractivity contribution in [1.82, 2.24) is 19.9 Å². The molecule has 2 aromatic heterocycles. The number of nitrogens with two attached hydrogens (primary N) is 1. The molecule has 6 aromatic rings. The second-order valence-corrected chi connectivity index (χ2v) is 8.69. The number of hydrogen-bond donors (Lipinski definition) is 4. The Bertz CT molecular complexity index is 1820. The fraction of sp³-hybridized carbons (Fsp3) is 0.0690. The number of hydrogen-bond acceptors (Lipinski definition) is 6. The zero-order valence-corrected chi connectivity index (χ0v) is 24.4. The lowest BCUT2D eigenvalue weighted by atomic mass is 10.2. The number of amidine groups is 1. The van der Waals surface area contributed by atoms with Gasteiger partial charge in [0.25, 0.3) is 0 Å². The van der Waals surface area contributed by atoms with Crippen LogP contribution in [0.2, 0.25) is 0 Å². The first-order valence-electron chi connectivity index (χ1n) is 11.9. The predicted molar refractivity (Wildman–Crippen MR) is 169 cm³/mol. The Balaban J connectivity index is 0.00000154. The van der Waals surface area contributed by atoms with E-state index in [4.69, 9.17) is 30.3 Å². The van der Waals surface area contributed by atoms with Crippen LogP contribution in [0.5, 0.6) is 23.0 Å². The summed E-state index contributed by atoms with van der Waals surface area (Å²) in [5, 5.41) is 7.65. The number of imidazole rings is 2. The van der Waals surface area contributed by atoms with Gasteiger partial charge < -0.3 is 29.9 Å². The monoisotopic (exact) mass is 612 g/mol. The number of halogens is 3. The third-order valence-electron chi connectivity index (χ3n) is 6.27. The average Bonchev–Trinajstić information content (AvgIpc) is 3.57. The molecule has 41 heavy (non-hydrogen) atoms. The van der Waals surface area contributed by atoms with E-state index in [0.29, 0.717) is 28.6 Å². The van der Waals surface area contributed by atoms with Crippen molar-refractivity contribution < 1.29 is 14.2 Å². The largest absolute Gasteiger partial charge is 0.493 e. The highest BCUT2D eigenvalue weighted by molar-refractivity contribution is 5.98. The van der Waals surface area contributed by atoms with Crippen molar-refractivity contribution >= 4 is 65.1 Å². The second-order valence-electron chi connectivity index (χ2n) is 8.69. The zero-order valence-electron chi connectivity index (χ0n) is 21.9. The maximum atomic E-state index is 7.65. The van der Waals surface area contributed by atoms with Crippen molar-refractivity contribution in [2.24, 2.45) is 5.73 Å². The molecule has 0 fully saturated rings. The summed E-state index contributed by atoms with van der Waals surface area (Å²) in [4.78, 5) is 16.2. The van der Waals surface area contributed by atoms with Crippen LogP contribution in [-0.2, 0) is 0 Å². The molecule has 0 amide bonds. The molecule has 12 heteroatoms. The average molecular weight is 614 g/mol. The van der Waals surface area contributed by atoms with Gasteiger partial charge in [-0.2, -0.15) is 0 Å². The number of aromatic nitrogens is 4. The second kappa shape index (κ2) is 12.8. The number of H-pyrrole nitrogens is 2. The minimum absolute atomic E-state index is 0. The summed E-state index contributed by atoms with van der Waals surface area (Å²) in [6.07, 6.45) is 0. The fourth-order valence-electron chi connectivity index (χ4n) is 4.30. The smallest absolute Gasteiger partial charge is 0.164 e. The Labute approximate surface area is 254 Å². The van der Waals surface area contributed by atoms with Crippen LogP contribution in [0.1, 0.15) is 5.56 Å². The van der Waals surface area contributed by atoms with Crippen LogP contribution in [0.25, 0.3) is 44.8 Å². The van der Waals surface area contributed by atoms with Crippen LogP contribution < -0.4 is 19.9 Å². The molecule has 212 valence electrons. The third-order valence-corrected chi connectivity index (χ3v) is 6.27. The molecular formula is C29H27Cl3N6O3. The van der Waals surface area contributed by atoms with Gasteiger partial charge in [0.2, 0.25) is 0 Å². The normalized spacial score (nSPS) is 10.3. The van der Waals surface area contributed by atoms with Crippen LogP contribution in [0.3, 0.4) is 0 Å². The van der Waals surface area contributed by atoms with E-state index in [9.17, 15) is 0 Å². The van der Waals surface area contributed by atoms with Crippen LogP contribution in [0.4, 0.5) is 0 Å². The standard InChI is InChI=1S/C29H24N6O3.3ClH/c1-36-25-12-9-20(15-26(25)37-2)38-19-7-3-16(4-8-19)28-32-22-11-6-18(14-24(22)34-28)29-33-21-10-5-17(27(30)31)13-23(21)35-29;;;/h3-15H,1-2H3,(H3,30,31)(H,32,34)(H,33,35);3*1H. The number of nitrogens with zero attached hydrogens (tertiary/aromatic N) is 2. The van der Waals surface area contributed by atoms with E-state index in [0.717, 1.165) is 44.8 Å². The van der Waals surface area contributed by atoms with Crippen molar-refractivity contribution in [2.45, 2.75) is 0 Å². The maximum absolute atomic E-state index is 7.65. The highest BCUT2D eigenvalue weighted by Crippen LogP contribution is 2.34.